The van der Waals surface area contributed by atoms with Crippen molar-refractivity contribution in [2.45, 2.75) is 19.8 Å². The van der Waals surface area contributed by atoms with Crippen molar-refractivity contribution < 1.29 is 9.47 Å². The first-order chi connectivity index (χ1) is 9.58. The second-order valence-electron chi connectivity index (χ2n) is 4.88. The second kappa shape index (κ2) is 9.06. The van der Waals surface area contributed by atoms with Crippen LogP contribution in [-0.2, 0) is 6.42 Å². The highest BCUT2D eigenvalue weighted by Crippen LogP contribution is 2.36. The number of nitrogens with two attached hydrogens (primary N) is 1. The summed E-state index contributed by atoms with van der Waals surface area (Å²) in [6.45, 7) is 4.71. The van der Waals surface area contributed by atoms with E-state index in [0.717, 1.165) is 24.9 Å². The van der Waals surface area contributed by atoms with E-state index in [2.05, 4.69) is 4.90 Å². The third kappa shape index (κ3) is 5.57. The number of ether oxygens (including phenoxy) is 2. The Morgan fingerprint density at radius 1 is 1.25 bits per heavy atom. The maximum Gasteiger partial charge on any atom is 0.179 e. The van der Waals surface area contributed by atoms with Crippen molar-refractivity contribution in [3.8, 4) is 11.5 Å². The molecular formula is C15H25ClN2O2. The van der Waals surface area contributed by atoms with E-state index < -0.39 is 0 Å². The third-order valence-electron chi connectivity index (χ3n) is 2.80. The number of benzene rings is 1. The number of nitrogens with zero attached hydrogens (tertiary/aromatic N) is 1. The van der Waals surface area contributed by atoms with Gasteiger partial charge in [-0.25, -0.2) is 0 Å². The smallest absolute Gasteiger partial charge is 0.179 e. The molecule has 0 amide bonds. The molecule has 4 nitrogen and oxygen atoms in total. The summed E-state index contributed by atoms with van der Waals surface area (Å²) in [5, 5.41) is 0.587. The lowest BCUT2D eigenvalue weighted by atomic mass is 10.1. The van der Waals surface area contributed by atoms with Crippen molar-refractivity contribution in [2.75, 3.05) is 40.4 Å². The average molecular weight is 301 g/mol. The summed E-state index contributed by atoms with van der Waals surface area (Å²) >= 11 is 6.29. The molecular weight excluding hydrogens is 276 g/mol. The minimum atomic E-state index is 0.580. The van der Waals surface area contributed by atoms with Gasteiger partial charge in [0.1, 0.15) is 0 Å². The molecule has 20 heavy (non-hydrogen) atoms. The molecule has 0 saturated carbocycles. The van der Waals surface area contributed by atoms with Crippen molar-refractivity contribution in [3.63, 3.8) is 0 Å². The van der Waals surface area contributed by atoms with Crippen molar-refractivity contribution in [3.05, 3.63) is 22.7 Å². The SMILES string of the molecule is CCOc1cc(CCN)cc(Cl)c1OCCCN(C)C. The standard InChI is InChI=1S/C15H25ClN2O2/c1-4-19-14-11-12(6-7-17)10-13(16)15(14)20-9-5-8-18(2)3/h10-11H,4-9,17H2,1-3H3. The number of hydrogen-bond donors (Lipinski definition) is 1. The summed E-state index contributed by atoms with van der Waals surface area (Å²) in [4.78, 5) is 2.12. The van der Waals surface area contributed by atoms with Crippen LogP contribution in [0.25, 0.3) is 0 Å². The van der Waals surface area contributed by atoms with Crippen LogP contribution in [-0.4, -0.2) is 45.3 Å². The number of hydrogen-bond acceptors (Lipinski definition) is 4. The minimum absolute atomic E-state index is 0.580. The van der Waals surface area contributed by atoms with Crippen LogP contribution < -0.4 is 15.2 Å². The van der Waals surface area contributed by atoms with Crippen molar-refractivity contribution in [2.24, 2.45) is 5.73 Å². The van der Waals surface area contributed by atoms with Gasteiger partial charge in [-0.15, -0.1) is 0 Å². The molecule has 1 aromatic carbocycles. The Balaban J connectivity index is 2.76. The second-order valence-corrected chi connectivity index (χ2v) is 5.29. The van der Waals surface area contributed by atoms with Gasteiger partial charge in [0, 0.05) is 6.54 Å². The maximum atomic E-state index is 6.29. The van der Waals surface area contributed by atoms with E-state index in [1.165, 1.54) is 0 Å². The topological polar surface area (TPSA) is 47.7 Å². The third-order valence-corrected chi connectivity index (χ3v) is 3.08. The van der Waals surface area contributed by atoms with Gasteiger partial charge in [0.25, 0.3) is 0 Å². The highest BCUT2D eigenvalue weighted by molar-refractivity contribution is 6.32. The summed E-state index contributed by atoms with van der Waals surface area (Å²) in [5.41, 5.74) is 6.65. The highest BCUT2D eigenvalue weighted by Gasteiger charge is 2.12. The van der Waals surface area contributed by atoms with Gasteiger partial charge in [-0.05, 0) is 58.1 Å². The number of rotatable bonds is 9. The lowest BCUT2D eigenvalue weighted by Gasteiger charge is -2.16. The molecule has 0 unspecified atom stereocenters. The molecule has 0 aliphatic heterocycles. The van der Waals surface area contributed by atoms with Crippen LogP contribution in [0.1, 0.15) is 18.9 Å². The fourth-order valence-electron chi connectivity index (χ4n) is 1.89. The Kier molecular flexibility index (Phi) is 7.73. The largest absolute Gasteiger partial charge is 0.490 e. The van der Waals surface area contributed by atoms with Gasteiger partial charge in [0.2, 0.25) is 0 Å². The van der Waals surface area contributed by atoms with Crippen LogP contribution in [0.4, 0.5) is 0 Å². The van der Waals surface area contributed by atoms with Gasteiger partial charge in [-0.3, -0.25) is 0 Å². The van der Waals surface area contributed by atoms with Crippen LogP contribution in [0, 0.1) is 0 Å². The zero-order valence-corrected chi connectivity index (χ0v) is 13.4. The Labute approximate surface area is 126 Å². The predicted octanol–water partition coefficient (Wildman–Crippen LogP) is 2.57. The van der Waals surface area contributed by atoms with Gasteiger partial charge < -0.3 is 20.1 Å². The van der Waals surface area contributed by atoms with Crippen LogP contribution in [0.5, 0.6) is 11.5 Å². The Bertz CT molecular complexity index is 411. The predicted molar refractivity (Wildman–Crippen MR) is 84.0 cm³/mol. The first-order valence-electron chi connectivity index (χ1n) is 7.01. The van der Waals surface area contributed by atoms with Crippen LogP contribution in [0.15, 0.2) is 12.1 Å². The van der Waals surface area contributed by atoms with Gasteiger partial charge in [-0.1, -0.05) is 11.6 Å². The minimum Gasteiger partial charge on any atom is -0.490 e. The fraction of sp³-hybridized carbons (Fsp3) is 0.600. The van der Waals surface area contributed by atoms with Crippen LogP contribution in [0.2, 0.25) is 5.02 Å². The average Bonchev–Trinajstić information content (AvgIpc) is 2.37. The zero-order chi connectivity index (χ0) is 15.0. The molecule has 5 heteroatoms. The maximum absolute atomic E-state index is 6.29. The van der Waals surface area contributed by atoms with E-state index in [0.29, 0.717) is 36.3 Å². The molecule has 0 aromatic heterocycles. The van der Waals surface area contributed by atoms with E-state index in [1.54, 1.807) is 0 Å². The summed E-state index contributed by atoms with van der Waals surface area (Å²) in [5.74, 6) is 1.33. The van der Waals surface area contributed by atoms with Crippen molar-refractivity contribution in [1.29, 1.82) is 0 Å². The molecule has 0 aliphatic carbocycles. The first-order valence-corrected chi connectivity index (χ1v) is 7.39. The monoisotopic (exact) mass is 300 g/mol. The highest BCUT2D eigenvalue weighted by atomic mass is 35.5. The van der Waals surface area contributed by atoms with Gasteiger partial charge in [-0.2, -0.15) is 0 Å². The van der Waals surface area contributed by atoms with Crippen LogP contribution >= 0.6 is 11.6 Å². The number of halogens is 1. The Morgan fingerprint density at radius 3 is 2.60 bits per heavy atom. The molecule has 0 spiro atoms. The van der Waals surface area contributed by atoms with Gasteiger partial charge in [0.05, 0.1) is 18.2 Å². The van der Waals surface area contributed by atoms with Gasteiger partial charge in [0.15, 0.2) is 11.5 Å². The van der Waals surface area contributed by atoms with Crippen LogP contribution in [0.3, 0.4) is 0 Å². The summed E-state index contributed by atoms with van der Waals surface area (Å²) in [6.07, 6.45) is 1.72. The molecule has 1 aromatic rings. The summed E-state index contributed by atoms with van der Waals surface area (Å²) in [6, 6.07) is 3.86. The van der Waals surface area contributed by atoms with E-state index in [-0.39, 0.29) is 0 Å². The molecule has 0 aliphatic rings. The molecule has 0 heterocycles. The molecule has 114 valence electrons. The molecule has 0 bridgehead atoms. The van der Waals surface area contributed by atoms with E-state index >= 15 is 0 Å². The van der Waals surface area contributed by atoms with E-state index in [9.17, 15) is 0 Å². The van der Waals surface area contributed by atoms with Gasteiger partial charge >= 0.3 is 0 Å². The van der Waals surface area contributed by atoms with Crippen molar-refractivity contribution in [1.82, 2.24) is 4.90 Å². The molecule has 1 rings (SSSR count). The zero-order valence-electron chi connectivity index (χ0n) is 12.6. The van der Waals surface area contributed by atoms with Crippen molar-refractivity contribution >= 4 is 11.6 Å². The van der Waals surface area contributed by atoms with E-state index in [4.69, 9.17) is 26.8 Å². The quantitative estimate of drug-likeness (QED) is 0.712. The molecule has 0 atom stereocenters. The first kappa shape index (κ1) is 17.1. The lowest BCUT2D eigenvalue weighted by molar-refractivity contribution is 0.258. The Hall–Kier alpha value is -0.970. The van der Waals surface area contributed by atoms with E-state index in [1.807, 2.05) is 33.2 Å². The Morgan fingerprint density at radius 2 is 2.00 bits per heavy atom. The molecule has 2 N–H and O–H groups in total. The lowest BCUT2D eigenvalue weighted by Crippen LogP contribution is -2.15. The normalized spacial score (nSPS) is 10.9. The molecule has 0 saturated heterocycles. The fourth-order valence-corrected chi connectivity index (χ4v) is 2.18. The summed E-state index contributed by atoms with van der Waals surface area (Å²) in [7, 11) is 4.08. The molecule has 0 fully saturated rings. The molecule has 0 radical (unpaired) electrons. The summed E-state index contributed by atoms with van der Waals surface area (Å²) < 4.78 is 11.4.